The van der Waals surface area contributed by atoms with Crippen molar-refractivity contribution < 1.29 is 8.78 Å². The maximum Gasteiger partial charge on any atom is 0.159 e. The third-order valence-corrected chi connectivity index (χ3v) is 3.73. The van der Waals surface area contributed by atoms with Crippen molar-refractivity contribution >= 4 is 0 Å². The second-order valence-corrected chi connectivity index (χ2v) is 4.98. The Morgan fingerprint density at radius 3 is 2.27 bits per heavy atom. The van der Waals surface area contributed by atoms with Crippen molar-refractivity contribution in [2.75, 3.05) is 6.54 Å². The van der Waals surface area contributed by atoms with E-state index in [0.29, 0.717) is 6.54 Å². The first-order chi connectivity index (χ1) is 6.93. The largest absolute Gasteiger partial charge is 0.330 e. The summed E-state index contributed by atoms with van der Waals surface area (Å²) in [4.78, 5) is 0. The minimum Gasteiger partial charge on any atom is -0.330 e. The minimum absolute atomic E-state index is 0.0893. The summed E-state index contributed by atoms with van der Waals surface area (Å²) in [6, 6.07) is 4.09. The topological polar surface area (TPSA) is 26.0 Å². The van der Waals surface area contributed by atoms with Crippen LogP contribution in [0.2, 0.25) is 0 Å². The lowest BCUT2D eigenvalue weighted by atomic mass is 9.88. The van der Waals surface area contributed by atoms with Crippen molar-refractivity contribution in [1.82, 2.24) is 0 Å². The molecule has 2 N–H and O–H groups in total. The van der Waals surface area contributed by atoms with Gasteiger partial charge in [-0.15, -0.1) is 0 Å². The Hall–Kier alpha value is -0.960. The van der Waals surface area contributed by atoms with Crippen LogP contribution in [0.15, 0.2) is 18.2 Å². The average Bonchev–Trinajstić information content (AvgIpc) is 2.75. The predicted octanol–water partition coefficient (Wildman–Crippen LogP) is 2.59. The fourth-order valence-electron chi connectivity index (χ4n) is 2.46. The lowest BCUT2D eigenvalue weighted by Crippen LogP contribution is -2.25. The first kappa shape index (κ1) is 10.6. The average molecular weight is 211 g/mol. The predicted molar refractivity (Wildman–Crippen MR) is 55.5 cm³/mol. The molecule has 0 amide bonds. The van der Waals surface area contributed by atoms with Crippen LogP contribution in [0.25, 0.3) is 0 Å². The monoisotopic (exact) mass is 211 g/mol. The Morgan fingerprint density at radius 2 is 1.87 bits per heavy atom. The maximum atomic E-state index is 13.1. The molecule has 1 aliphatic carbocycles. The van der Waals surface area contributed by atoms with E-state index < -0.39 is 11.6 Å². The molecule has 1 aromatic carbocycles. The van der Waals surface area contributed by atoms with Gasteiger partial charge in [0.1, 0.15) is 0 Å². The number of rotatable bonds is 2. The van der Waals surface area contributed by atoms with Crippen molar-refractivity contribution in [3.05, 3.63) is 35.4 Å². The molecule has 2 rings (SSSR count). The van der Waals surface area contributed by atoms with E-state index in [9.17, 15) is 8.78 Å². The van der Waals surface area contributed by atoms with Gasteiger partial charge in [-0.05, 0) is 29.5 Å². The fourth-order valence-corrected chi connectivity index (χ4v) is 2.46. The van der Waals surface area contributed by atoms with Crippen LogP contribution in [0.1, 0.15) is 25.8 Å². The zero-order chi connectivity index (χ0) is 11.3. The second-order valence-electron chi connectivity index (χ2n) is 4.98. The zero-order valence-electron chi connectivity index (χ0n) is 8.98. The molecule has 1 aromatic rings. The summed E-state index contributed by atoms with van der Waals surface area (Å²) in [6.07, 6.45) is 0.932. The molecule has 0 aliphatic heterocycles. The summed E-state index contributed by atoms with van der Waals surface area (Å²) in [6.45, 7) is 4.67. The Morgan fingerprint density at radius 1 is 1.27 bits per heavy atom. The summed E-state index contributed by atoms with van der Waals surface area (Å²) < 4.78 is 25.9. The maximum absolute atomic E-state index is 13.1. The molecule has 1 unspecified atom stereocenters. The van der Waals surface area contributed by atoms with Crippen LogP contribution in [-0.2, 0) is 5.41 Å². The van der Waals surface area contributed by atoms with Crippen LogP contribution in [0, 0.1) is 17.0 Å². The van der Waals surface area contributed by atoms with Crippen molar-refractivity contribution in [2.24, 2.45) is 11.1 Å². The molecule has 1 saturated carbocycles. The molecule has 0 bridgehead atoms. The smallest absolute Gasteiger partial charge is 0.159 e. The van der Waals surface area contributed by atoms with Crippen LogP contribution in [0.5, 0.6) is 0 Å². The molecule has 1 nitrogen and oxygen atoms in total. The van der Waals surface area contributed by atoms with Gasteiger partial charge in [-0.2, -0.15) is 0 Å². The number of benzene rings is 1. The molecule has 0 aromatic heterocycles. The van der Waals surface area contributed by atoms with Crippen LogP contribution < -0.4 is 5.73 Å². The van der Waals surface area contributed by atoms with E-state index in [4.69, 9.17) is 5.73 Å². The molecular formula is C12H15F2N. The zero-order valence-corrected chi connectivity index (χ0v) is 8.98. The highest BCUT2D eigenvalue weighted by Crippen LogP contribution is 2.63. The second kappa shape index (κ2) is 3.01. The summed E-state index contributed by atoms with van der Waals surface area (Å²) in [7, 11) is 0. The molecule has 3 heteroatoms. The highest BCUT2D eigenvalue weighted by atomic mass is 19.2. The molecule has 0 saturated heterocycles. The SMILES string of the molecule is CC1(C)CC1(CN)c1ccc(F)c(F)c1. The number of hydrogen-bond donors (Lipinski definition) is 1. The quantitative estimate of drug-likeness (QED) is 0.799. The lowest BCUT2D eigenvalue weighted by Gasteiger charge is -2.19. The minimum atomic E-state index is -0.802. The Bertz CT molecular complexity index is 401. The molecule has 0 radical (unpaired) electrons. The standard InChI is InChI=1S/C12H15F2N/c1-11(2)6-12(11,7-15)8-3-4-9(13)10(14)5-8/h3-5H,6-7,15H2,1-2H3. The van der Waals surface area contributed by atoms with E-state index in [0.717, 1.165) is 12.0 Å². The third kappa shape index (κ3) is 1.37. The van der Waals surface area contributed by atoms with Gasteiger partial charge in [-0.25, -0.2) is 8.78 Å². The number of halogens is 2. The Balaban J connectivity index is 2.42. The Labute approximate surface area is 88.3 Å². The van der Waals surface area contributed by atoms with Crippen molar-refractivity contribution in [2.45, 2.75) is 25.7 Å². The highest BCUT2D eigenvalue weighted by molar-refractivity contribution is 5.38. The van der Waals surface area contributed by atoms with Gasteiger partial charge < -0.3 is 5.73 Å². The van der Waals surface area contributed by atoms with Gasteiger partial charge in [0.25, 0.3) is 0 Å². The summed E-state index contributed by atoms with van der Waals surface area (Å²) >= 11 is 0. The highest BCUT2D eigenvalue weighted by Gasteiger charge is 2.60. The normalized spacial score (nSPS) is 27.8. The van der Waals surface area contributed by atoms with Gasteiger partial charge in [0, 0.05) is 12.0 Å². The van der Waals surface area contributed by atoms with Crippen LogP contribution in [0.3, 0.4) is 0 Å². The Kier molecular flexibility index (Phi) is 2.12. The van der Waals surface area contributed by atoms with E-state index in [1.54, 1.807) is 6.07 Å². The van der Waals surface area contributed by atoms with Crippen LogP contribution in [-0.4, -0.2) is 6.54 Å². The third-order valence-electron chi connectivity index (χ3n) is 3.73. The van der Waals surface area contributed by atoms with Crippen LogP contribution >= 0.6 is 0 Å². The molecule has 1 fully saturated rings. The van der Waals surface area contributed by atoms with Gasteiger partial charge in [0.15, 0.2) is 11.6 Å². The molecule has 82 valence electrons. The van der Waals surface area contributed by atoms with Crippen LogP contribution in [0.4, 0.5) is 8.78 Å². The van der Waals surface area contributed by atoms with Gasteiger partial charge in [-0.3, -0.25) is 0 Å². The van der Waals surface area contributed by atoms with E-state index in [2.05, 4.69) is 13.8 Å². The van der Waals surface area contributed by atoms with E-state index in [1.165, 1.54) is 12.1 Å². The molecular weight excluding hydrogens is 196 g/mol. The van der Waals surface area contributed by atoms with E-state index >= 15 is 0 Å². The first-order valence-electron chi connectivity index (χ1n) is 5.08. The molecule has 0 spiro atoms. The van der Waals surface area contributed by atoms with Gasteiger partial charge in [0.2, 0.25) is 0 Å². The van der Waals surface area contributed by atoms with Crippen molar-refractivity contribution in [3.8, 4) is 0 Å². The van der Waals surface area contributed by atoms with Gasteiger partial charge in [0.05, 0.1) is 0 Å². The summed E-state index contributed by atoms with van der Waals surface area (Å²) in [5.74, 6) is -1.59. The van der Waals surface area contributed by atoms with Crippen molar-refractivity contribution in [1.29, 1.82) is 0 Å². The van der Waals surface area contributed by atoms with E-state index in [-0.39, 0.29) is 10.8 Å². The number of hydrogen-bond acceptors (Lipinski definition) is 1. The van der Waals surface area contributed by atoms with Gasteiger partial charge in [-0.1, -0.05) is 19.9 Å². The van der Waals surface area contributed by atoms with Gasteiger partial charge >= 0.3 is 0 Å². The molecule has 15 heavy (non-hydrogen) atoms. The fraction of sp³-hybridized carbons (Fsp3) is 0.500. The molecule has 1 atom stereocenters. The number of nitrogens with two attached hydrogens (primary N) is 1. The molecule has 0 heterocycles. The molecule has 1 aliphatic rings. The summed E-state index contributed by atoms with van der Waals surface area (Å²) in [5, 5.41) is 0. The summed E-state index contributed by atoms with van der Waals surface area (Å²) in [5.41, 5.74) is 6.49. The lowest BCUT2D eigenvalue weighted by molar-refractivity contribution is 0.483. The first-order valence-corrected chi connectivity index (χ1v) is 5.08. The van der Waals surface area contributed by atoms with E-state index in [1.807, 2.05) is 0 Å². The van der Waals surface area contributed by atoms with Crippen molar-refractivity contribution in [3.63, 3.8) is 0 Å².